The van der Waals surface area contributed by atoms with Crippen molar-refractivity contribution in [1.29, 1.82) is 0 Å². The van der Waals surface area contributed by atoms with Gasteiger partial charge in [-0.15, -0.1) is 0 Å². The van der Waals surface area contributed by atoms with Gasteiger partial charge in [0.1, 0.15) is 12.2 Å². The van der Waals surface area contributed by atoms with Gasteiger partial charge >= 0.3 is 6.03 Å². The topological polar surface area (TPSA) is 96.3 Å². The van der Waals surface area contributed by atoms with Crippen LogP contribution in [-0.4, -0.2) is 38.8 Å². The summed E-state index contributed by atoms with van der Waals surface area (Å²) in [5.74, 6) is -0.987. The van der Waals surface area contributed by atoms with Gasteiger partial charge in [-0.05, 0) is 68.3 Å². The molecule has 162 valence electrons. The molecular formula is C24H23N5O3. The lowest BCUT2D eigenvalue weighted by atomic mass is 10.2. The first-order valence-corrected chi connectivity index (χ1v) is 10.1. The summed E-state index contributed by atoms with van der Waals surface area (Å²) < 4.78 is 2.04. The van der Waals surface area contributed by atoms with Crippen LogP contribution in [0.2, 0.25) is 0 Å². The van der Waals surface area contributed by atoms with Crippen molar-refractivity contribution in [3.63, 3.8) is 0 Å². The lowest BCUT2D eigenvalue weighted by Gasteiger charge is -2.12. The summed E-state index contributed by atoms with van der Waals surface area (Å²) in [5, 5.41) is 5.29. The summed E-state index contributed by atoms with van der Waals surface area (Å²) in [5.41, 5.74) is 5.39. The van der Waals surface area contributed by atoms with E-state index >= 15 is 0 Å². The first-order chi connectivity index (χ1) is 15.3. The largest absolute Gasteiger partial charge is 0.329 e. The second-order valence-electron chi connectivity index (χ2n) is 7.66. The van der Waals surface area contributed by atoms with E-state index in [1.54, 1.807) is 24.5 Å². The van der Waals surface area contributed by atoms with Crippen LogP contribution in [0.15, 0.2) is 60.6 Å². The van der Waals surface area contributed by atoms with Gasteiger partial charge in [0.25, 0.3) is 5.91 Å². The molecule has 1 saturated heterocycles. The number of carbonyl (C=O) groups excluding carboxylic acids is 3. The number of aromatic nitrogens is 2. The second-order valence-corrected chi connectivity index (χ2v) is 7.66. The zero-order valence-electron chi connectivity index (χ0n) is 18.0. The maximum Gasteiger partial charge on any atom is 0.329 e. The summed E-state index contributed by atoms with van der Waals surface area (Å²) in [6, 6.07) is 12.4. The zero-order chi connectivity index (χ0) is 22.8. The van der Waals surface area contributed by atoms with Crippen molar-refractivity contribution in [2.45, 2.75) is 20.8 Å². The van der Waals surface area contributed by atoms with Gasteiger partial charge in [0.05, 0.1) is 0 Å². The van der Waals surface area contributed by atoms with Gasteiger partial charge in [0.15, 0.2) is 0 Å². The van der Waals surface area contributed by atoms with Crippen LogP contribution in [0.3, 0.4) is 0 Å². The van der Waals surface area contributed by atoms with Crippen molar-refractivity contribution in [3.8, 4) is 5.69 Å². The van der Waals surface area contributed by atoms with Crippen LogP contribution in [0.4, 0.5) is 10.5 Å². The number of carbonyl (C=O) groups is 3. The fourth-order valence-corrected chi connectivity index (χ4v) is 3.76. The number of urea groups is 1. The molecule has 4 amide bonds. The van der Waals surface area contributed by atoms with Crippen LogP contribution in [0.1, 0.15) is 22.5 Å². The number of rotatable bonds is 5. The van der Waals surface area contributed by atoms with Crippen molar-refractivity contribution in [2.75, 3.05) is 11.9 Å². The number of imide groups is 1. The Morgan fingerprint density at radius 2 is 1.84 bits per heavy atom. The molecule has 0 atom stereocenters. The van der Waals surface area contributed by atoms with Gasteiger partial charge in [0.2, 0.25) is 5.91 Å². The highest BCUT2D eigenvalue weighted by Crippen LogP contribution is 2.23. The van der Waals surface area contributed by atoms with Crippen LogP contribution in [-0.2, 0) is 9.59 Å². The van der Waals surface area contributed by atoms with Crippen molar-refractivity contribution < 1.29 is 14.4 Å². The minimum absolute atomic E-state index is 0.133. The van der Waals surface area contributed by atoms with E-state index in [1.165, 1.54) is 0 Å². The summed E-state index contributed by atoms with van der Waals surface area (Å²) in [4.78, 5) is 42.5. The molecule has 32 heavy (non-hydrogen) atoms. The Kier molecular flexibility index (Phi) is 5.59. The maximum absolute atomic E-state index is 12.8. The maximum atomic E-state index is 12.8. The number of benzene rings is 1. The lowest BCUT2D eigenvalue weighted by Crippen LogP contribution is -2.38. The highest BCUT2D eigenvalue weighted by atomic mass is 16.2. The Labute approximate surface area is 185 Å². The second kappa shape index (κ2) is 8.50. The third kappa shape index (κ3) is 4.15. The van der Waals surface area contributed by atoms with E-state index in [0.717, 1.165) is 33.1 Å². The quantitative estimate of drug-likeness (QED) is 0.480. The zero-order valence-corrected chi connectivity index (χ0v) is 18.0. The molecule has 0 saturated carbocycles. The SMILES string of the molecule is Cc1cccc(NC(=O)CN2C(=O)N/C(=C\c3cc(C)n(-c4ccncc4)c3C)C2=O)c1. The Bertz CT molecular complexity index is 1240. The first kappa shape index (κ1) is 21.0. The minimum Gasteiger partial charge on any atom is -0.325 e. The van der Waals surface area contributed by atoms with Gasteiger partial charge in [-0.2, -0.15) is 0 Å². The molecule has 4 rings (SSSR count). The molecule has 3 heterocycles. The molecule has 0 bridgehead atoms. The molecule has 1 aliphatic rings. The standard InChI is InChI=1S/C24H23N5O3/c1-15-5-4-6-19(11-15)26-22(30)14-28-23(31)21(27-24(28)32)13-18-12-16(2)29(17(18)3)20-7-9-25-10-8-20/h4-13H,14H2,1-3H3,(H,26,30)(H,27,32)/b21-13-. The third-order valence-corrected chi connectivity index (χ3v) is 5.26. The fourth-order valence-electron chi connectivity index (χ4n) is 3.76. The number of aryl methyl sites for hydroxylation is 2. The molecule has 1 aromatic carbocycles. The lowest BCUT2D eigenvalue weighted by molar-refractivity contribution is -0.127. The van der Waals surface area contributed by atoms with Crippen LogP contribution >= 0.6 is 0 Å². The molecule has 1 fully saturated rings. The minimum atomic E-state index is -0.622. The number of nitrogens with one attached hydrogen (secondary N) is 2. The summed E-state index contributed by atoms with van der Waals surface area (Å²) in [6.45, 7) is 5.45. The predicted octanol–water partition coefficient (Wildman–Crippen LogP) is 3.33. The van der Waals surface area contributed by atoms with E-state index in [9.17, 15) is 14.4 Å². The molecule has 1 aliphatic heterocycles. The molecule has 0 aliphatic carbocycles. The van der Waals surface area contributed by atoms with E-state index in [0.29, 0.717) is 5.69 Å². The van der Waals surface area contributed by atoms with Crippen molar-refractivity contribution in [3.05, 3.63) is 83.1 Å². The van der Waals surface area contributed by atoms with Gasteiger partial charge in [-0.3, -0.25) is 14.6 Å². The molecular weight excluding hydrogens is 406 g/mol. The van der Waals surface area contributed by atoms with Crippen LogP contribution in [0, 0.1) is 20.8 Å². The van der Waals surface area contributed by atoms with E-state index < -0.39 is 17.8 Å². The molecule has 0 spiro atoms. The van der Waals surface area contributed by atoms with Crippen LogP contribution in [0.5, 0.6) is 0 Å². The average Bonchev–Trinajstić information content (AvgIpc) is 3.18. The van der Waals surface area contributed by atoms with Gasteiger partial charge in [0, 0.05) is 35.2 Å². The molecule has 0 unspecified atom stereocenters. The van der Waals surface area contributed by atoms with Crippen LogP contribution in [0.25, 0.3) is 11.8 Å². The summed E-state index contributed by atoms with van der Waals surface area (Å²) in [6.07, 6.45) is 5.07. The van der Waals surface area contributed by atoms with E-state index in [-0.39, 0.29) is 12.2 Å². The number of hydrogen-bond acceptors (Lipinski definition) is 4. The van der Waals surface area contributed by atoms with E-state index in [4.69, 9.17) is 0 Å². The third-order valence-electron chi connectivity index (χ3n) is 5.26. The molecule has 2 N–H and O–H groups in total. The number of pyridine rings is 1. The number of nitrogens with zero attached hydrogens (tertiary/aromatic N) is 3. The Morgan fingerprint density at radius 3 is 2.56 bits per heavy atom. The van der Waals surface area contributed by atoms with Gasteiger partial charge < -0.3 is 15.2 Å². The molecule has 2 aromatic heterocycles. The number of hydrogen-bond donors (Lipinski definition) is 2. The van der Waals surface area contributed by atoms with Crippen LogP contribution < -0.4 is 10.6 Å². The first-order valence-electron chi connectivity index (χ1n) is 10.1. The van der Waals surface area contributed by atoms with Crippen molar-refractivity contribution in [1.82, 2.24) is 19.8 Å². The monoisotopic (exact) mass is 429 g/mol. The van der Waals surface area contributed by atoms with Gasteiger partial charge in [-0.1, -0.05) is 12.1 Å². The Hall–Kier alpha value is -4.20. The van der Waals surface area contributed by atoms with Crippen molar-refractivity contribution in [2.24, 2.45) is 0 Å². The Morgan fingerprint density at radius 1 is 1.09 bits per heavy atom. The summed E-state index contributed by atoms with van der Waals surface area (Å²) >= 11 is 0. The fraction of sp³-hybridized carbons (Fsp3) is 0.167. The molecule has 3 aromatic rings. The Balaban J connectivity index is 1.52. The molecule has 0 radical (unpaired) electrons. The average molecular weight is 429 g/mol. The summed E-state index contributed by atoms with van der Waals surface area (Å²) in [7, 11) is 0. The van der Waals surface area contributed by atoms with Gasteiger partial charge in [-0.25, -0.2) is 9.69 Å². The predicted molar refractivity (Wildman–Crippen MR) is 121 cm³/mol. The smallest absolute Gasteiger partial charge is 0.325 e. The molecule has 8 heteroatoms. The normalized spacial score (nSPS) is 14.7. The highest BCUT2D eigenvalue weighted by Gasteiger charge is 2.35. The highest BCUT2D eigenvalue weighted by molar-refractivity contribution is 6.16. The number of anilines is 1. The van der Waals surface area contributed by atoms with Crippen molar-refractivity contribution >= 4 is 29.6 Å². The molecule has 8 nitrogen and oxygen atoms in total. The number of amides is 4. The van der Waals surface area contributed by atoms with E-state index in [2.05, 4.69) is 15.6 Å². The van der Waals surface area contributed by atoms with E-state index in [1.807, 2.05) is 61.7 Å².